The third kappa shape index (κ3) is 2.24. The Morgan fingerprint density at radius 2 is 2.00 bits per heavy atom. The molecule has 0 aromatic rings. The number of nitrogens with zero attached hydrogens (tertiary/aromatic N) is 1. The van der Waals surface area contributed by atoms with Crippen LogP contribution in [0.2, 0.25) is 0 Å². The second-order valence-corrected chi connectivity index (χ2v) is 5.55. The molecule has 1 saturated heterocycles. The molecule has 3 heteroatoms. The number of hydrogen-bond acceptors (Lipinski definition) is 2. The average molecular weight is 225 g/mol. The van der Waals surface area contributed by atoms with Crippen LogP contribution in [0.15, 0.2) is 0 Å². The highest BCUT2D eigenvalue weighted by molar-refractivity contribution is 5.87. The second-order valence-electron chi connectivity index (χ2n) is 5.55. The highest BCUT2D eigenvalue weighted by Crippen LogP contribution is 2.38. The number of likely N-dealkylation sites (tertiary alicyclic amines) is 1. The van der Waals surface area contributed by atoms with Crippen molar-refractivity contribution in [2.45, 2.75) is 51.6 Å². The van der Waals surface area contributed by atoms with Gasteiger partial charge in [0.25, 0.3) is 5.91 Å². The van der Waals surface area contributed by atoms with E-state index in [1.165, 1.54) is 6.42 Å². The Balaban J connectivity index is 1.83. The zero-order valence-electron chi connectivity index (χ0n) is 10.4. The van der Waals surface area contributed by atoms with E-state index >= 15 is 0 Å². The van der Waals surface area contributed by atoms with Crippen LogP contribution < -0.4 is 0 Å². The van der Waals surface area contributed by atoms with Crippen molar-refractivity contribution >= 4 is 5.91 Å². The summed E-state index contributed by atoms with van der Waals surface area (Å²) < 4.78 is 0. The van der Waals surface area contributed by atoms with Crippen LogP contribution in [-0.2, 0) is 4.79 Å². The van der Waals surface area contributed by atoms with Crippen LogP contribution in [0.3, 0.4) is 0 Å². The van der Waals surface area contributed by atoms with Crippen molar-refractivity contribution in [3.63, 3.8) is 0 Å². The van der Waals surface area contributed by atoms with E-state index in [0.717, 1.165) is 37.8 Å². The van der Waals surface area contributed by atoms with Gasteiger partial charge in [-0.05, 0) is 37.5 Å². The van der Waals surface area contributed by atoms with E-state index in [0.29, 0.717) is 12.8 Å². The molecule has 1 amide bonds. The van der Waals surface area contributed by atoms with Gasteiger partial charge in [0, 0.05) is 13.1 Å². The zero-order valence-corrected chi connectivity index (χ0v) is 10.4. The Kier molecular flexibility index (Phi) is 3.24. The zero-order chi connectivity index (χ0) is 11.8. The third-order valence-electron chi connectivity index (χ3n) is 4.40. The van der Waals surface area contributed by atoms with Gasteiger partial charge in [0.2, 0.25) is 0 Å². The monoisotopic (exact) mass is 225 g/mol. The molecule has 1 saturated carbocycles. The second kappa shape index (κ2) is 4.36. The SMILES string of the molecule is CC[C@H](C)C1CCN(C(=O)C2(O)CC2)CC1. The van der Waals surface area contributed by atoms with Crippen molar-refractivity contribution < 1.29 is 9.90 Å². The highest BCUT2D eigenvalue weighted by Gasteiger charge is 2.50. The summed E-state index contributed by atoms with van der Waals surface area (Å²) in [6.45, 7) is 6.22. The van der Waals surface area contributed by atoms with E-state index in [4.69, 9.17) is 0 Å². The molecule has 1 aliphatic heterocycles. The number of rotatable bonds is 3. The predicted octanol–water partition coefficient (Wildman–Crippen LogP) is 1.80. The van der Waals surface area contributed by atoms with Crippen molar-refractivity contribution in [2.75, 3.05) is 13.1 Å². The summed E-state index contributed by atoms with van der Waals surface area (Å²) in [7, 11) is 0. The minimum atomic E-state index is -0.969. The number of carbonyl (C=O) groups excluding carboxylic acids is 1. The lowest BCUT2D eigenvalue weighted by Gasteiger charge is -2.35. The normalized spacial score (nSPS) is 26.6. The molecular weight excluding hydrogens is 202 g/mol. The van der Waals surface area contributed by atoms with Gasteiger partial charge < -0.3 is 10.0 Å². The van der Waals surface area contributed by atoms with Gasteiger partial charge in [-0.3, -0.25) is 4.79 Å². The van der Waals surface area contributed by atoms with E-state index in [2.05, 4.69) is 13.8 Å². The number of hydrogen-bond donors (Lipinski definition) is 1. The van der Waals surface area contributed by atoms with Gasteiger partial charge >= 0.3 is 0 Å². The van der Waals surface area contributed by atoms with Gasteiger partial charge in [-0.15, -0.1) is 0 Å². The quantitative estimate of drug-likeness (QED) is 0.795. The first kappa shape index (κ1) is 11.9. The molecule has 2 aliphatic rings. The van der Waals surface area contributed by atoms with Crippen LogP contribution in [0, 0.1) is 11.8 Å². The van der Waals surface area contributed by atoms with Crippen molar-refractivity contribution in [2.24, 2.45) is 11.8 Å². The van der Waals surface area contributed by atoms with Crippen LogP contribution in [0.1, 0.15) is 46.0 Å². The van der Waals surface area contributed by atoms with E-state index in [1.54, 1.807) is 0 Å². The molecular formula is C13H23NO2. The topological polar surface area (TPSA) is 40.5 Å². The third-order valence-corrected chi connectivity index (χ3v) is 4.40. The van der Waals surface area contributed by atoms with Crippen molar-refractivity contribution in [3.05, 3.63) is 0 Å². The molecule has 92 valence electrons. The lowest BCUT2D eigenvalue weighted by atomic mass is 9.84. The van der Waals surface area contributed by atoms with E-state index in [9.17, 15) is 9.90 Å². The highest BCUT2D eigenvalue weighted by atomic mass is 16.3. The lowest BCUT2D eigenvalue weighted by molar-refractivity contribution is -0.144. The smallest absolute Gasteiger partial charge is 0.254 e. The first-order valence-corrected chi connectivity index (χ1v) is 6.58. The fourth-order valence-corrected chi connectivity index (χ4v) is 2.63. The van der Waals surface area contributed by atoms with Crippen LogP contribution in [0.5, 0.6) is 0 Å². The Morgan fingerprint density at radius 3 is 2.44 bits per heavy atom. The molecule has 1 atom stereocenters. The molecule has 1 heterocycles. The molecule has 0 bridgehead atoms. The Hall–Kier alpha value is -0.570. The van der Waals surface area contributed by atoms with Gasteiger partial charge in [0.1, 0.15) is 5.60 Å². The Labute approximate surface area is 97.8 Å². The molecule has 1 aliphatic carbocycles. The fraction of sp³-hybridized carbons (Fsp3) is 0.923. The predicted molar refractivity (Wildman–Crippen MR) is 62.9 cm³/mol. The molecule has 0 unspecified atom stereocenters. The summed E-state index contributed by atoms with van der Waals surface area (Å²) in [5.41, 5.74) is -0.969. The molecule has 3 nitrogen and oxygen atoms in total. The standard InChI is InChI=1S/C13H23NO2/c1-3-10(2)11-4-8-14(9-5-11)12(15)13(16)6-7-13/h10-11,16H,3-9H2,1-2H3/t10-/m0/s1. The summed E-state index contributed by atoms with van der Waals surface area (Å²) in [6.07, 6.45) is 4.77. The van der Waals surface area contributed by atoms with Gasteiger partial charge in [-0.1, -0.05) is 20.3 Å². The maximum absolute atomic E-state index is 11.9. The van der Waals surface area contributed by atoms with E-state index in [-0.39, 0.29) is 5.91 Å². The molecule has 1 N–H and O–H groups in total. The lowest BCUT2D eigenvalue weighted by Crippen LogP contribution is -2.45. The molecule has 0 aromatic carbocycles. The van der Waals surface area contributed by atoms with Gasteiger partial charge in [-0.25, -0.2) is 0 Å². The van der Waals surface area contributed by atoms with Gasteiger partial charge in [0.05, 0.1) is 0 Å². The largest absolute Gasteiger partial charge is 0.380 e. The van der Waals surface area contributed by atoms with Crippen molar-refractivity contribution in [1.29, 1.82) is 0 Å². The summed E-state index contributed by atoms with van der Waals surface area (Å²) in [5.74, 6) is 1.51. The van der Waals surface area contributed by atoms with E-state index < -0.39 is 5.60 Å². The van der Waals surface area contributed by atoms with Crippen LogP contribution in [0.25, 0.3) is 0 Å². The minimum absolute atomic E-state index is 0.0184. The summed E-state index contributed by atoms with van der Waals surface area (Å²) >= 11 is 0. The molecule has 0 spiro atoms. The van der Waals surface area contributed by atoms with Gasteiger partial charge in [-0.2, -0.15) is 0 Å². The molecule has 16 heavy (non-hydrogen) atoms. The first-order valence-electron chi connectivity index (χ1n) is 6.58. The average Bonchev–Trinajstić information content (AvgIpc) is 3.07. The number of amides is 1. The maximum atomic E-state index is 11.9. The van der Waals surface area contributed by atoms with Crippen molar-refractivity contribution in [3.8, 4) is 0 Å². The maximum Gasteiger partial charge on any atom is 0.254 e. The van der Waals surface area contributed by atoms with E-state index in [1.807, 2.05) is 4.90 Å². The van der Waals surface area contributed by atoms with Crippen LogP contribution in [0.4, 0.5) is 0 Å². The van der Waals surface area contributed by atoms with Crippen molar-refractivity contribution in [1.82, 2.24) is 4.90 Å². The summed E-state index contributed by atoms with van der Waals surface area (Å²) in [6, 6.07) is 0. The fourth-order valence-electron chi connectivity index (χ4n) is 2.63. The molecule has 0 aromatic heterocycles. The molecule has 0 radical (unpaired) electrons. The van der Waals surface area contributed by atoms with Gasteiger partial charge in [0.15, 0.2) is 0 Å². The number of piperidine rings is 1. The van der Waals surface area contributed by atoms with Crippen LogP contribution >= 0.6 is 0 Å². The molecule has 2 rings (SSSR count). The van der Waals surface area contributed by atoms with Crippen LogP contribution in [-0.4, -0.2) is 34.6 Å². The first-order chi connectivity index (χ1) is 7.57. The Bertz CT molecular complexity index is 265. The molecule has 2 fully saturated rings. The summed E-state index contributed by atoms with van der Waals surface area (Å²) in [4.78, 5) is 13.8. The summed E-state index contributed by atoms with van der Waals surface area (Å²) in [5, 5.41) is 9.78. The minimum Gasteiger partial charge on any atom is -0.380 e. The number of aliphatic hydroxyl groups is 1. The Morgan fingerprint density at radius 1 is 1.44 bits per heavy atom. The number of carbonyl (C=O) groups is 1.